The van der Waals surface area contributed by atoms with E-state index in [-0.39, 0.29) is 12.4 Å². The van der Waals surface area contributed by atoms with Crippen LogP contribution in [0.25, 0.3) is 0 Å². The van der Waals surface area contributed by atoms with Gasteiger partial charge in [-0.25, -0.2) is 4.39 Å². The molecule has 0 aliphatic rings. The number of benzene rings is 3. The maximum Gasteiger partial charge on any atom is 0.180 e. The Balaban J connectivity index is 1.63. The van der Waals surface area contributed by atoms with Crippen LogP contribution in [0.15, 0.2) is 60.7 Å². The van der Waals surface area contributed by atoms with E-state index in [1.54, 1.807) is 25.3 Å². The molecule has 31 heavy (non-hydrogen) atoms. The molecule has 0 saturated carbocycles. The molecule has 0 saturated heterocycles. The largest absolute Gasteiger partial charge is 0.496 e. The van der Waals surface area contributed by atoms with Gasteiger partial charge >= 0.3 is 0 Å². The third kappa shape index (κ3) is 6.36. The smallest absolute Gasteiger partial charge is 0.180 e. The molecule has 6 heteroatoms. The molecule has 0 aliphatic heterocycles. The molecule has 3 rings (SSSR count). The maximum absolute atomic E-state index is 13.9. The third-order valence-corrected chi connectivity index (χ3v) is 5.07. The van der Waals surface area contributed by atoms with Crippen LogP contribution in [-0.2, 0) is 19.6 Å². The summed E-state index contributed by atoms with van der Waals surface area (Å²) in [4.78, 5) is 0. The zero-order chi connectivity index (χ0) is 22.1. The van der Waals surface area contributed by atoms with Gasteiger partial charge in [-0.05, 0) is 55.3 Å². The summed E-state index contributed by atoms with van der Waals surface area (Å²) in [6.45, 7) is 3.85. The third-order valence-electron chi connectivity index (χ3n) is 4.79. The van der Waals surface area contributed by atoms with E-state index in [1.165, 1.54) is 6.07 Å². The van der Waals surface area contributed by atoms with Crippen molar-refractivity contribution in [3.05, 3.63) is 88.2 Å². The van der Waals surface area contributed by atoms with E-state index < -0.39 is 0 Å². The van der Waals surface area contributed by atoms with Crippen molar-refractivity contribution in [2.24, 2.45) is 0 Å². The fourth-order valence-corrected chi connectivity index (χ4v) is 3.54. The minimum absolute atomic E-state index is 0.0724. The quantitative estimate of drug-likeness (QED) is 0.380. The summed E-state index contributed by atoms with van der Waals surface area (Å²) < 4.78 is 30.8. The van der Waals surface area contributed by atoms with Crippen molar-refractivity contribution >= 4 is 11.6 Å². The van der Waals surface area contributed by atoms with Gasteiger partial charge in [-0.2, -0.15) is 0 Å². The number of methoxy groups -OCH3 is 1. The summed E-state index contributed by atoms with van der Waals surface area (Å²) in [6, 6.07) is 18.2. The van der Waals surface area contributed by atoms with Gasteiger partial charge in [-0.3, -0.25) is 0 Å². The van der Waals surface area contributed by atoms with E-state index in [9.17, 15) is 4.39 Å². The van der Waals surface area contributed by atoms with Gasteiger partial charge in [-0.15, -0.1) is 0 Å². The molecule has 0 bridgehead atoms. The number of para-hydroxylation sites is 1. The minimum Gasteiger partial charge on any atom is -0.496 e. The first-order chi connectivity index (χ1) is 15.1. The van der Waals surface area contributed by atoms with E-state index in [0.29, 0.717) is 35.2 Å². The second kappa shape index (κ2) is 11.6. The highest BCUT2D eigenvalue weighted by atomic mass is 35.5. The van der Waals surface area contributed by atoms with E-state index in [1.807, 2.05) is 37.3 Å². The van der Waals surface area contributed by atoms with Crippen molar-refractivity contribution in [1.82, 2.24) is 5.32 Å². The van der Waals surface area contributed by atoms with Crippen LogP contribution in [0.3, 0.4) is 0 Å². The molecule has 0 fully saturated rings. The molecule has 1 N–H and O–H groups in total. The maximum atomic E-state index is 13.9. The second-order valence-corrected chi connectivity index (χ2v) is 7.36. The Labute approximate surface area is 187 Å². The molecule has 0 unspecified atom stereocenters. The first-order valence-electron chi connectivity index (χ1n) is 10.3. The van der Waals surface area contributed by atoms with E-state index in [0.717, 1.165) is 29.8 Å². The van der Waals surface area contributed by atoms with Gasteiger partial charge in [-0.1, -0.05) is 48.0 Å². The minimum atomic E-state index is -0.313. The molecular weight excluding hydrogens is 417 g/mol. The lowest BCUT2D eigenvalue weighted by Gasteiger charge is -2.16. The van der Waals surface area contributed by atoms with Gasteiger partial charge in [0.25, 0.3) is 0 Å². The lowest BCUT2D eigenvalue weighted by atomic mass is 10.1. The van der Waals surface area contributed by atoms with Gasteiger partial charge in [0, 0.05) is 12.1 Å². The number of rotatable bonds is 11. The zero-order valence-electron chi connectivity index (χ0n) is 17.8. The number of nitrogens with one attached hydrogen (secondary N) is 1. The molecule has 0 atom stereocenters. The lowest BCUT2D eigenvalue weighted by Crippen LogP contribution is -2.17. The number of ether oxygens (including phenoxy) is 3. The van der Waals surface area contributed by atoms with Gasteiger partial charge in [0.2, 0.25) is 0 Å². The van der Waals surface area contributed by atoms with Crippen molar-refractivity contribution < 1.29 is 18.6 Å². The Bertz CT molecular complexity index is 996. The lowest BCUT2D eigenvalue weighted by molar-refractivity contribution is 0.266. The Morgan fingerprint density at radius 3 is 2.42 bits per heavy atom. The van der Waals surface area contributed by atoms with Crippen LogP contribution < -0.4 is 19.5 Å². The SMILES string of the molecule is CCOc1cc(CNCCc2ccccc2OC)cc(Cl)c1OCc1ccccc1F. The number of hydrogen-bond acceptors (Lipinski definition) is 4. The van der Waals surface area contributed by atoms with Crippen molar-refractivity contribution in [3.8, 4) is 17.2 Å². The van der Waals surface area contributed by atoms with E-state index in [2.05, 4.69) is 11.4 Å². The summed E-state index contributed by atoms with van der Waals surface area (Å²) in [7, 11) is 1.68. The molecule has 0 aliphatic carbocycles. The Hall–Kier alpha value is -2.76. The molecule has 4 nitrogen and oxygen atoms in total. The predicted molar refractivity (Wildman–Crippen MR) is 122 cm³/mol. The van der Waals surface area contributed by atoms with E-state index in [4.69, 9.17) is 25.8 Å². The summed E-state index contributed by atoms with van der Waals surface area (Å²) in [6.07, 6.45) is 0.847. The highest BCUT2D eigenvalue weighted by Gasteiger charge is 2.14. The normalized spacial score (nSPS) is 10.7. The van der Waals surface area contributed by atoms with Crippen LogP contribution in [0, 0.1) is 5.82 Å². The Morgan fingerprint density at radius 1 is 0.935 bits per heavy atom. The summed E-state index contributed by atoms with van der Waals surface area (Å²) in [5.41, 5.74) is 2.59. The summed E-state index contributed by atoms with van der Waals surface area (Å²) in [5, 5.41) is 3.86. The highest BCUT2D eigenvalue weighted by Crippen LogP contribution is 2.37. The van der Waals surface area contributed by atoms with Crippen molar-refractivity contribution in [1.29, 1.82) is 0 Å². The summed E-state index contributed by atoms with van der Waals surface area (Å²) in [5.74, 6) is 1.55. The number of halogens is 2. The molecule has 0 spiro atoms. The topological polar surface area (TPSA) is 39.7 Å². The molecule has 3 aromatic carbocycles. The molecule has 0 amide bonds. The first-order valence-corrected chi connectivity index (χ1v) is 10.6. The fraction of sp³-hybridized carbons (Fsp3) is 0.280. The molecule has 0 aromatic heterocycles. The van der Waals surface area contributed by atoms with E-state index >= 15 is 0 Å². The molecule has 0 heterocycles. The van der Waals surface area contributed by atoms with Gasteiger partial charge in [0.05, 0.1) is 18.7 Å². The van der Waals surface area contributed by atoms with Crippen LogP contribution in [0.5, 0.6) is 17.2 Å². The van der Waals surface area contributed by atoms with Crippen LogP contribution in [-0.4, -0.2) is 20.3 Å². The second-order valence-electron chi connectivity index (χ2n) is 6.96. The van der Waals surface area contributed by atoms with Crippen LogP contribution >= 0.6 is 11.6 Å². The zero-order valence-corrected chi connectivity index (χ0v) is 18.5. The van der Waals surface area contributed by atoms with Crippen molar-refractivity contribution in [3.63, 3.8) is 0 Å². The standard InChI is InChI=1S/C25H27ClFNO3/c1-3-30-24-15-18(16-28-13-12-19-8-5-7-11-23(19)29-2)14-21(26)25(24)31-17-20-9-4-6-10-22(20)27/h4-11,14-15,28H,3,12-13,16-17H2,1-2H3. The van der Waals surface area contributed by atoms with Crippen LogP contribution in [0.4, 0.5) is 4.39 Å². The predicted octanol–water partition coefficient (Wildman–Crippen LogP) is 5.80. The molecule has 0 radical (unpaired) electrons. The number of hydrogen-bond donors (Lipinski definition) is 1. The monoisotopic (exact) mass is 443 g/mol. The average Bonchev–Trinajstić information content (AvgIpc) is 2.77. The first kappa shape index (κ1) is 22.9. The van der Waals surface area contributed by atoms with Crippen LogP contribution in [0.2, 0.25) is 5.02 Å². The Morgan fingerprint density at radius 2 is 1.68 bits per heavy atom. The molecular formula is C25H27ClFNO3. The molecule has 164 valence electrons. The Kier molecular flexibility index (Phi) is 8.56. The average molecular weight is 444 g/mol. The van der Waals surface area contributed by atoms with Crippen molar-refractivity contribution in [2.45, 2.75) is 26.5 Å². The highest BCUT2D eigenvalue weighted by molar-refractivity contribution is 6.32. The summed E-state index contributed by atoms with van der Waals surface area (Å²) >= 11 is 6.48. The van der Waals surface area contributed by atoms with Gasteiger partial charge in [0.1, 0.15) is 18.2 Å². The fourth-order valence-electron chi connectivity index (χ4n) is 3.26. The molecule has 3 aromatic rings. The van der Waals surface area contributed by atoms with Crippen molar-refractivity contribution in [2.75, 3.05) is 20.3 Å². The van der Waals surface area contributed by atoms with Gasteiger partial charge in [0.15, 0.2) is 11.5 Å². The van der Waals surface area contributed by atoms with Gasteiger partial charge < -0.3 is 19.5 Å². The van der Waals surface area contributed by atoms with Crippen LogP contribution in [0.1, 0.15) is 23.6 Å².